The standard InChI is InChI=1S/C12H25N3O2/c1-12(2,3)17-8-7-15-6-5-14-9-10(15)11(16)13-4/h10,14H,5-9H2,1-4H3,(H,13,16). The Kier molecular flexibility index (Phi) is 5.36. The molecule has 0 aromatic rings. The van der Waals surface area contributed by atoms with Gasteiger partial charge in [0.25, 0.3) is 0 Å². The molecular weight excluding hydrogens is 218 g/mol. The molecule has 1 amide bonds. The van der Waals surface area contributed by atoms with E-state index in [1.54, 1.807) is 7.05 Å². The van der Waals surface area contributed by atoms with Crippen molar-refractivity contribution in [2.75, 3.05) is 39.8 Å². The molecule has 100 valence electrons. The average molecular weight is 243 g/mol. The molecule has 17 heavy (non-hydrogen) atoms. The number of amides is 1. The summed E-state index contributed by atoms with van der Waals surface area (Å²) in [6.45, 7) is 10.1. The van der Waals surface area contributed by atoms with Crippen LogP contribution in [0.25, 0.3) is 0 Å². The predicted molar refractivity (Wildman–Crippen MR) is 68.0 cm³/mol. The summed E-state index contributed by atoms with van der Waals surface area (Å²) in [4.78, 5) is 13.9. The summed E-state index contributed by atoms with van der Waals surface area (Å²) in [5.41, 5.74) is -0.115. The molecule has 0 aromatic heterocycles. The van der Waals surface area contributed by atoms with E-state index in [0.29, 0.717) is 6.61 Å². The highest BCUT2D eigenvalue weighted by Gasteiger charge is 2.27. The minimum atomic E-state index is -0.115. The molecule has 0 saturated carbocycles. The van der Waals surface area contributed by atoms with E-state index in [-0.39, 0.29) is 17.6 Å². The molecule has 1 fully saturated rings. The second-order valence-corrected chi connectivity index (χ2v) is 5.33. The molecule has 1 rings (SSSR count). The number of nitrogens with one attached hydrogen (secondary N) is 2. The number of piperazine rings is 1. The molecule has 1 aliphatic rings. The van der Waals surface area contributed by atoms with Crippen LogP contribution in [-0.2, 0) is 9.53 Å². The van der Waals surface area contributed by atoms with Crippen LogP contribution in [0.5, 0.6) is 0 Å². The highest BCUT2D eigenvalue weighted by atomic mass is 16.5. The topological polar surface area (TPSA) is 53.6 Å². The Labute approximate surface area is 104 Å². The zero-order valence-corrected chi connectivity index (χ0v) is 11.4. The normalized spacial score (nSPS) is 22.5. The Hall–Kier alpha value is -0.650. The summed E-state index contributed by atoms with van der Waals surface area (Å²) in [6, 6.07) is -0.0719. The lowest BCUT2D eigenvalue weighted by Crippen LogP contribution is -2.58. The number of likely N-dealkylation sites (N-methyl/N-ethyl adjacent to an activating group) is 1. The first-order valence-corrected chi connectivity index (χ1v) is 6.24. The van der Waals surface area contributed by atoms with Crippen LogP contribution in [-0.4, -0.2) is 62.3 Å². The van der Waals surface area contributed by atoms with Crippen LogP contribution in [0.4, 0.5) is 0 Å². The molecule has 5 nitrogen and oxygen atoms in total. The van der Waals surface area contributed by atoms with Gasteiger partial charge in [-0.3, -0.25) is 9.69 Å². The van der Waals surface area contributed by atoms with Gasteiger partial charge in [-0.1, -0.05) is 0 Å². The summed E-state index contributed by atoms with van der Waals surface area (Å²) in [5.74, 6) is 0.0768. The molecule has 1 heterocycles. The molecule has 0 spiro atoms. The van der Waals surface area contributed by atoms with Crippen LogP contribution in [0, 0.1) is 0 Å². The number of carbonyl (C=O) groups excluding carboxylic acids is 1. The highest BCUT2D eigenvalue weighted by Crippen LogP contribution is 2.08. The molecule has 0 bridgehead atoms. The minimum absolute atomic E-state index is 0.0719. The first kappa shape index (κ1) is 14.4. The number of rotatable bonds is 4. The maximum Gasteiger partial charge on any atom is 0.238 e. The predicted octanol–water partition coefficient (Wildman–Crippen LogP) is -0.179. The van der Waals surface area contributed by atoms with Gasteiger partial charge in [0, 0.05) is 33.2 Å². The van der Waals surface area contributed by atoms with E-state index in [1.807, 2.05) is 20.8 Å². The third kappa shape index (κ3) is 5.02. The second-order valence-electron chi connectivity index (χ2n) is 5.33. The maximum atomic E-state index is 11.7. The molecule has 1 unspecified atom stereocenters. The van der Waals surface area contributed by atoms with E-state index in [1.165, 1.54) is 0 Å². The van der Waals surface area contributed by atoms with Gasteiger partial charge in [-0.25, -0.2) is 0 Å². The van der Waals surface area contributed by atoms with E-state index in [2.05, 4.69) is 15.5 Å². The molecule has 1 saturated heterocycles. The van der Waals surface area contributed by atoms with Crippen LogP contribution in [0.15, 0.2) is 0 Å². The van der Waals surface area contributed by atoms with Gasteiger partial charge < -0.3 is 15.4 Å². The van der Waals surface area contributed by atoms with Gasteiger partial charge in [-0.2, -0.15) is 0 Å². The average Bonchev–Trinajstić information content (AvgIpc) is 2.27. The molecule has 2 N–H and O–H groups in total. The molecule has 1 atom stereocenters. The van der Waals surface area contributed by atoms with Crippen molar-refractivity contribution in [3.63, 3.8) is 0 Å². The first-order chi connectivity index (χ1) is 7.94. The van der Waals surface area contributed by atoms with Crippen molar-refractivity contribution < 1.29 is 9.53 Å². The number of carbonyl (C=O) groups is 1. The van der Waals surface area contributed by atoms with Crippen LogP contribution >= 0.6 is 0 Å². The van der Waals surface area contributed by atoms with Gasteiger partial charge in [0.15, 0.2) is 0 Å². The molecule has 0 aromatic carbocycles. The Morgan fingerprint density at radius 2 is 2.24 bits per heavy atom. The van der Waals surface area contributed by atoms with Crippen molar-refractivity contribution in [3.05, 3.63) is 0 Å². The fraction of sp³-hybridized carbons (Fsp3) is 0.917. The lowest BCUT2D eigenvalue weighted by Gasteiger charge is -2.35. The maximum absolute atomic E-state index is 11.7. The zero-order valence-electron chi connectivity index (χ0n) is 11.4. The fourth-order valence-electron chi connectivity index (χ4n) is 1.91. The van der Waals surface area contributed by atoms with Crippen molar-refractivity contribution in [1.82, 2.24) is 15.5 Å². The van der Waals surface area contributed by atoms with Crippen molar-refractivity contribution in [2.45, 2.75) is 32.4 Å². The zero-order chi connectivity index (χ0) is 12.9. The quantitative estimate of drug-likeness (QED) is 0.719. The molecule has 1 aliphatic heterocycles. The minimum Gasteiger partial charge on any atom is -0.375 e. The van der Waals surface area contributed by atoms with E-state index in [0.717, 1.165) is 26.2 Å². The summed E-state index contributed by atoms with van der Waals surface area (Å²) in [7, 11) is 1.68. The third-order valence-electron chi connectivity index (χ3n) is 2.82. The Morgan fingerprint density at radius 1 is 1.53 bits per heavy atom. The number of nitrogens with zero attached hydrogens (tertiary/aromatic N) is 1. The van der Waals surface area contributed by atoms with Gasteiger partial charge in [0.1, 0.15) is 6.04 Å². The lowest BCUT2D eigenvalue weighted by atomic mass is 10.1. The van der Waals surface area contributed by atoms with Crippen LogP contribution < -0.4 is 10.6 Å². The number of hydrogen-bond acceptors (Lipinski definition) is 4. The fourth-order valence-corrected chi connectivity index (χ4v) is 1.91. The van der Waals surface area contributed by atoms with Gasteiger partial charge in [0.05, 0.1) is 12.2 Å². The SMILES string of the molecule is CNC(=O)C1CNCCN1CCOC(C)(C)C. The third-order valence-corrected chi connectivity index (χ3v) is 2.82. The summed E-state index contributed by atoms with van der Waals surface area (Å²) < 4.78 is 5.70. The summed E-state index contributed by atoms with van der Waals surface area (Å²) in [6.07, 6.45) is 0. The lowest BCUT2D eigenvalue weighted by molar-refractivity contribution is -0.127. The van der Waals surface area contributed by atoms with Crippen LogP contribution in [0.3, 0.4) is 0 Å². The second kappa shape index (κ2) is 6.33. The van der Waals surface area contributed by atoms with Crippen molar-refractivity contribution in [1.29, 1.82) is 0 Å². The van der Waals surface area contributed by atoms with Gasteiger partial charge in [0.2, 0.25) is 5.91 Å². The highest BCUT2D eigenvalue weighted by molar-refractivity contribution is 5.81. The first-order valence-electron chi connectivity index (χ1n) is 6.24. The monoisotopic (exact) mass is 243 g/mol. The summed E-state index contributed by atoms with van der Waals surface area (Å²) in [5, 5.41) is 5.95. The Balaban J connectivity index is 2.40. The van der Waals surface area contributed by atoms with Crippen LogP contribution in [0.2, 0.25) is 0 Å². The molecular formula is C12H25N3O2. The van der Waals surface area contributed by atoms with Gasteiger partial charge in [-0.15, -0.1) is 0 Å². The van der Waals surface area contributed by atoms with Crippen molar-refractivity contribution in [3.8, 4) is 0 Å². The van der Waals surface area contributed by atoms with Gasteiger partial charge >= 0.3 is 0 Å². The summed E-state index contributed by atoms with van der Waals surface area (Å²) >= 11 is 0. The molecule has 0 radical (unpaired) electrons. The van der Waals surface area contributed by atoms with Gasteiger partial charge in [-0.05, 0) is 20.8 Å². The van der Waals surface area contributed by atoms with E-state index >= 15 is 0 Å². The van der Waals surface area contributed by atoms with E-state index < -0.39 is 0 Å². The van der Waals surface area contributed by atoms with Crippen molar-refractivity contribution in [2.24, 2.45) is 0 Å². The number of ether oxygens (including phenoxy) is 1. The Morgan fingerprint density at radius 3 is 2.82 bits per heavy atom. The number of hydrogen-bond donors (Lipinski definition) is 2. The largest absolute Gasteiger partial charge is 0.375 e. The van der Waals surface area contributed by atoms with Crippen LogP contribution in [0.1, 0.15) is 20.8 Å². The molecule has 0 aliphatic carbocycles. The van der Waals surface area contributed by atoms with E-state index in [4.69, 9.17) is 4.74 Å². The molecule has 5 heteroatoms. The van der Waals surface area contributed by atoms with E-state index in [9.17, 15) is 4.79 Å². The smallest absolute Gasteiger partial charge is 0.238 e. The Bertz CT molecular complexity index is 251. The van der Waals surface area contributed by atoms with Crippen molar-refractivity contribution >= 4 is 5.91 Å².